The molecule has 0 radical (unpaired) electrons. The fourth-order valence-corrected chi connectivity index (χ4v) is 1.55. The number of nitrogens with one attached hydrogen (secondary N) is 1. The summed E-state index contributed by atoms with van der Waals surface area (Å²) in [5.74, 6) is -0.160. The average Bonchev–Trinajstić information content (AvgIpc) is 2.35. The predicted molar refractivity (Wildman–Crippen MR) is 69.9 cm³/mol. The topological polar surface area (TPSA) is 75.5 Å². The molecule has 0 aliphatic rings. The number of para-hydroxylation sites is 1. The van der Waals surface area contributed by atoms with E-state index in [4.69, 9.17) is 11.6 Å². The van der Waals surface area contributed by atoms with Crippen LogP contribution in [0.25, 0.3) is 0 Å². The first-order valence-corrected chi connectivity index (χ1v) is 5.76. The molecule has 0 aliphatic carbocycles. The molecule has 1 rings (SSSR count). The van der Waals surface area contributed by atoms with Crippen LogP contribution >= 0.6 is 11.6 Å². The van der Waals surface area contributed by atoms with E-state index in [1.807, 2.05) is 6.92 Å². The number of benzene rings is 1. The Kier molecular flexibility index (Phi) is 4.91. The van der Waals surface area contributed by atoms with Crippen LogP contribution in [0.1, 0.15) is 6.92 Å². The third-order valence-corrected chi connectivity index (χ3v) is 2.82. The predicted octanol–water partition coefficient (Wildman–Crippen LogP) is 2.14. The number of hydrogen-bond donors (Lipinski definition) is 1. The molecule has 1 N–H and O–H groups in total. The van der Waals surface area contributed by atoms with Crippen LogP contribution in [0.4, 0.5) is 11.4 Å². The first kappa shape index (κ1) is 14.2. The van der Waals surface area contributed by atoms with Crippen molar-refractivity contribution in [2.75, 3.05) is 25.5 Å². The van der Waals surface area contributed by atoms with Crippen LogP contribution in [-0.2, 0) is 4.79 Å². The van der Waals surface area contributed by atoms with E-state index in [-0.39, 0.29) is 28.8 Å². The summed E-state index contributed by atoms with van der Waals surface area (Å²) in [5, 5.41) is 13.8. The number of halogens is 1. The molecule has 7 heteroatoms. The summed E-state index contributed by atoms with van der Waals surface area (Å²) in [7, 11) is 1.66. The maximum absolute atomic E-state index is 11.6. The van der Waals surface area contributed by atoms with Crippen LogP contribution in [0, 0.1) is 10.1 Å². The van der Waals surface area contributed by atoms with Crippen LogP contribution in [0.15, 0.2) is 18.2 Å². The summed E-state index contributed by atoms with van der Waals surface area (Å²) in [4.78, 5) is 23.4. The third kappa shape index (κ3) is 3.33. The largest absolute Gasteiger partial charge is 0.369 e. The fourth-order valence-electron chi connectivity index (χ4n) is 1.32. The number of nitrogens with zero attached hydrogens (tertiary/aromatic N) is 2. The van der Waals surface area contributed by atoms with Crippen molar-refractivity contribution < 1.29 is 9.72 Å². The lowest BCUT2D eigenvalue weighted by Crippen LogP contribution is -2.32. The zero-order valence-electron chi connectivity index (χ0n) is 10.1. The average molecular weight is 272 g/mol. The molecule has 0 bridgehead atoms. The minimum absolute atomic E-state index is 0.0328. The Morgan fingerprint density at radius 3 is 2.78 bits per heavy atom. The lowest BCUT2D eigenvalue weighted by Gasteiger charge is -2.15. The molecule has 1 amide bonds. The van der Waals surface area contributed by atoms with Crippen LogP contribution in [0.3, 0.4) is 0 Å². The Hall–Kier alpha value is -1.82. The Morgan fingerprint density at radius 2 is 2.22 bits per heavy atom. The van der Waals surface area contributed by atoms with Gasteiger partial charge in [-0.2, -0.15) is 0 Å². The highest BCUT2D eigenvalue weighted by atomic mass is 35.5. The van der Waals surface area contributed by atoms with Gasteiger partial charge in [-0.15, -0.1) is 0 Å². The van der Waals surface area contributed by atoms with Crippen molar-refractivity contribution in [3.05, 3.63) is 33.3 Å². The van der Waals surface area contributed by atoms with Gasteiger partial charge in [-0.25, -0.2) is 0 Å². The molecule has 1 aromatic carbocycles. The van der Waals surface area contributed by atoms with E-state index in [0.29, 0.717) is 6.54 Å². The summed E-state index contributed by atoms with van der Waals surface area (Å²) < 4.78 is 0. The molecule has 0 saturated carbocycles. The summed E-state index contributed by atoms with van der Waals surface area (Å²) in [6.45, 7) is 2.38. The number of hydrogen-bond acceptors (Lipinski definition) is 4. The lowest BCUT2D eigenvalue weighted by atomic mass is 10.2. The van der Waals surface area contributed by atoms with E-state index in [1.165, 1.54) is 23.1 Å². The van der Waals surface area contributed by atoms with Crippen molar-refractivity contribution in [1.82, 2.24) is 4.90 Å². The maximum atomic E-state index is 11.6. The minimum Gasteiger partial charge on any atom is -0.369 e. The highest BCUT2D eigenvalue weighted by Crippen LogP contribution is 2.31. The van der Waals surface area contributed by atoms with Gasteiger partial charge in [-0.05, 0) is 13.0 Å². The van der Waals surface area contributed by atoms with Gasteiger partial charge in [0.15, 0.2) is 0 Å². The van der Waals surface area contributed by atoms with Gasteiger partial charge in [-0.3, -0.25) is 14.9 Å². The molecule has 0 spiro atoms. The number of likely N-dealkylation sites (N-methyl/N-ethyl adjacent to an activating group) is 1. The van der Waals surface area contributed by atoms with Crippen molar-refractivity contribution in [1.29, 1.82) is 0 Å². The highest BCUT2D eigenvalue weighted by molar-refractivity contribution is 6.33. The van der Waals surface area contributed by atoms with Gasteiger partial charge in [0.25, 0.3) is 5.69 Å². The van der Waals surface area contributed by atoms with Gasteiger partial charge in [0.05, 0.1) is 16.5 Å². The van der Waals surface area contributed by atoms with Crippen LogP contribution in [-0.4, -0.2) is 35.9 Å². The summed E-state index contributed by atoms with van der Waals surface area (Å²) in [5.41, 5.74) is 0.0245. The zero-order chi connectivity index (χ0) is 13.7. The Balaban J connectivity index is 2.84. The van der Waals surface area contributed by atoms with E-state index in [1.54, 1.807) is 7.05 Å². The molecule has 0 heterocycles. The monoisotopic (exact) mass is 271 g/mol. The van der Waals surface area contributed by atoms with Crippen LogP contribution < -0.4 is 5.32 Å². The number of rotatable bonds is 5. The van der Waals surface area contributed by atoms with Crippen LogP contribution in [0.2, 0.25) is 5.02 Å². The zero-order valence-corrected chi connectivity index (χ0v) is 10.9. The first-order chi connectivity index (χ1) is 8.47. The quantitative estimate of drug-likeness (QED) is 0.658. The SMILES string of the molecule is CCN(C)C(=O)CNc1c(Cl)cccc1[N+](=O)[O-]. The molecule has 0 atom stereocenters. The van der Waals surface area contributed by atoms with Gasteiger partial charge in [0, 0.05) is 19.7 Å². The summed E-state index contributed by atoms with van der Waals surface area (Å²) in [6, 6.07) is 4.36. The maximum Gasteiger partial charge on any atom is 0.293 e. The minimum atomic E-state index is -0.539. The molecule has 0 saturated heterocycles. The summed E-state index contributed by atoms with van der Waals surface area (Å²) >= 11 is 5.88. The second kappa shape index (κ2) is 6.20. The molecular formula is C11H14ClN3O3. The van der Waals surface area contributed by atoms with E-state index in [0.717, 1.165) is 0 Å². The normalized spacial score (nSPS) is 9.94. The number of anilines is 1. The van der Waals surface area contributed by atoms with Crippen molar-refractivity contribution in [3.8, 4) is 0 Å². The van der Waals surface area contributed by atoms with Gasteiger partial charge >= 0.3 is 0 Å². The molecule has 98 valence electrons. The smallest absolute Gasteiger partial charge is 0.293 e. The molecule has 18 heavy (non-hydrogen) atoms. The number of nitro benzene ring substituents is 1. The molecular weight excluding hydrogens is 258 g/mol. The number of carbonyl (C=O) groups excluding carboxylic acids is 1. The van der Waals surface area contributed by atoms with E-state index >= 15 is 0 Å². The van der Waals surface area contributed by atoms with Gasteiger partial charge in [0.2, 0.25) is 5.91 Å². The van der Waals surface area contributed by atoms with Crippen molar-refractivity contribution >= 4 is 28.9 Å². The van der Waals surface area contributed by atoms with Crippen LogP contribution in [0.5, 0.6) is 0 Å². The second-order valence-corrected chi connectivity index (χ2v) is 4.06. The Bertz CT molecular complexity index is 465. The molecule has 1 aromatic rings. The van der Waals surface area contributed by atoms with E-state index in [2.05, 4.69) is 5.32 Å². The molecule has 0 aromatic heterocycles. The lowest BCUT2D eigenvalue weighted by molar-refractivity contribution is -0.383. The first-order valence-electron chi connectivity index (χ1n) is 5.38. The van der Waals surface area contributed by atoms with Gasteiger partial charge in [-0.1, -0.05) is 17.7 Å². The molecule has 6 nitrogen and oxygen atoms in total. The second-order valence-electron chi connectivity index (χ2n) is 3.65. The van der Waals surface area contributed by atoms with Crippen molar-refractivity contribution in [3.63, 3.8) is 0 Å². The van der Waals surface area contributed by atoms with Crippen molar-refractivity contribution in [2.45, 2.75) is 6.92 Å². The molecule has 0 fully saturated rings. The standard InChI is InChI=1S/C11H14ClN3O3/c1-3-14(2)10(16)7-13-11-8(12)5-4-6-9(11)15(17)18/h4-6,13H,3,7H2,1-2H3. The van der Waals surface area contributed by atoms with Gasteiger partial charge in [0.1, 0.15) is 5.69 Å². The molecule has 0 unspecified atom stereocenters. The van der Waals surface area contributed by atoms with E-state index in [9.17, 15) is 14.9 Å². The van der Waals surface area contributed by atoms with E-state index < -0.39 is 4.92 Å². The third-order valence-electron chi connectivity index (χ3n) is 2.50. The fraction of sp³-hybridized carbons (Fsp3) is 0.364. The summed E-state index contributed by atoms with van der Waals surface area (Å²) in [6.07, 6.45) is 0. The van der Waals surface area contributed by atoms with Gasteiger partial charge < -0.3 is 10.2 Å². The molecule has 0 aliphatic heterocycles. The number of nitro groups is 1. The Morgan fingerprint density at radius 1 is 1.56 bits per heavy atom. The highest BCUT2D eigenvalue weighted by Gasteiger charge is 2.17. The number of amides is 1. The Labute approximate surface area is 110 Å². The number of carbonyl (C=O) groups is 1. The van der Waals surface area contributed by atoms with Crippen molar-refractivity contribution in [2.24, 2.45) is 0 Å².